The van der Waals surface area contributed by atoms with Gasteiger partial charge in [0.1, 0.15) is 18.5 Å². The Morgan fingerprint density at radius 3 is 2.71 bits per heavy atom. The molecule has 0 bridgehead atoms. The lowest BCUT2D eigenvalue weighted by Gasteiger charge is -2.27. The monoisotopic (exact) mass is 419 g/mol. The highest BCUT2D eigenvalue weighted by molar-refractivity contribution is 7.89. The number of nitrogens with one attached hydrogen (secondary N) is 2. The van der Waals surface area contributed by atoms with Gasteiger partial charge in [-0.2, -0.15) is 0 Å². The number of sulfonamides is 1. The number of benzene rings is 1. The highest BCUT2D eigenvalue weighted by Gasteiger charge is 2.26. The number of aliphatic hydroxyl groups is 1. The van der Waals surface area contributed by atoms with E-state index in [-0.39, 0.29) is 38.5 Å². The van der Waals surface area contributed by atoms with Gasteiger partial charge in [-0.1, -0.05) is 12.1 Å². The van der Waals surface area contributed by atoms with E-state index < -0.39 is 26.8 Å². The van der Waals surface area contributed by atoms with Gasteiger partial charge >= 0.3 is 0 Å². The van der Waals surface area contributed by atoms with Crippen molar-refractivity contribution >= 4 is 10.0 Å². The largest absolute Gasteiger partial charge is 0.491 e. The van der Waals surface area contributed by atoms with E-state index >= 15 is 0 Å². The van der Waals surface area contributed by atoms with Crippen molar-refractivity contribution < 1.29 is 28.2 Å². The maximum Gasteiger partial charge on any atom is 0.294 e. The van der Waals surface area contributed by atoms with E-state index in [4.69, 9.17) is 4.74 Å². The Morgan fingerprint density at radius 1 is 1.36 bits per heavy atom. The molecule has 11 heteroatoms. The molecule has 1 aromatic carbocycles. The predicted octanol–water partition coefficient (Wildman–Crippen LogP) is 0.621. The minimum atomic E-state index is -3.60. The van der Waals surface area contributed by atoms with Gasteiger partial charge in [-0.05, 0) is 44.9 Å². The maximum absolute atomic E-state index is 12.1. The van der Waals surface area contributed by atoms with Crippen LogP contribution in [-0.2, 0) is 14.9 Å². The first-order valence-corrected chi connectivity index (χ1v) is 10.5. The van der Waals surface area contributed by atoms with Crippen LogP contribution in [0.25, 0.3) is 0 Å². The average molecular weight is 420 g/mol. The van der Waals surface area contributed by atoms with Gasteiger partial charge in [-0.25, -0.2) is 13.1 Å². The van der Waals surface area contributed by atoms with E-state index in [1.165, 1.54) is 0 Å². The molecule has 10 nitrogen and oxygen atoms in total. The van der Waals surface area contributed by atoms with E-state index in [0.717, 1.165) is 5.56 Å². The van der Waals surface area contributed by atoms with Crippen molar-refractivity contribution in [2.45, 2.75) is 38.8 Å². The van der Waals surface area contributed by atoms with Gasteiger partial charge < -0.3 is 20.0 Å². The van der Waals surface area contributed by atoms with Crippen molar-refractivity contribution in [1.82, 2.24) is 10.0 Å². The first kappa shape index (κ1) is 24.1. The summed E-state index contributed by atoms with van der Waals surface area (Å²) in [6.07, 6.45) is -0.627. The number of rotatable bonds is 14. The van der Waals surface area contributed by atoms with Crippen LogP contribution >= 0.6 is 0 Å². The van der Waals surface area contributed by atoms with Gasteiger partial charge in [0.2, 0.25) is 10.0 Å². The minimum Gasteiger partial charge on any atom is -0.491 e. The van der Waals surface area contributed by atoms with Crippen molar-refractivity contribution in [2.75, 3.05) is 32.1 Å². The smallest absolute Gasteiger partial charge is 0.294 e. The summed E-state index contributed by atoms with van der Waals surface area (Å²) in [6, 6.07) is 7.46. The molecule has 0 amide bonds. The van der Waals surface area contributed by atoms with Crippen LogP contribution in [0.1, 0.15) is 25.8 Å². The lowest BCUT2D eigenvalue weighted by Crippen LogP contribution is -2.51. The fraction of sp³-hybridized carbons (Fsp3) is 0.647. The molecule has 0 aromatic heterocycles. The molecule has 0 radical (unpaired) electrons. The van der Waals surface area contributed by atoms with Gasteiger partial charge in [0.25, 0.3) is 5.09 Å². The van der Waals surface area contributed by atoms with E-state index in [1.807, 2.05) is 25.1 Å². The molecule has 3 N–H and O–H groups in total. The number of ether oxygens (including phenoxy) is 1. The summed E-state index contributed by atoms with van der Waals surface area (Å²) in [5, 5.41) is 22.2. The Morgan fingerprint density at radius 2 is 2.07 bits per heavy atom. The SMILES string of the molecule is Cc1cccc(OCC(O)CNC(C)(C)CS(=O)(=O)NCCCO[N+](=O)[O-])c1. The number of aliphatic hydroxyl groups excluding tert-OH is 1. The second kappa shape index (κ2) is 11.1. The second-order valence-corrected chi connectivity index (χ2v) is 8.92. The van der Waals surface area contributed by atoms with E-state index in [0.29, 0.717) is 5.75 Å². The number of aryl methyl sites for hydroxylation is 1. The Hall–Kier alpha value is -1.95. The average Bonchev–Trinajstić information content (AvgIpc) is 2.56. The standard InChI is InChI=1S/C17H29N3O7S/c1-14-6-4-7-16(10-14)26-12-15(21)11-18-17(2,3)13-28(24,25)19-8-5-9-27-20(22)23/h4,6-7,10,15,18-19,21H,5,8-9,11-13H2,1-3H3. The fourth-order valence-electron chi connectivity index (χ4n) is 2.37. The molecule has 0 saturated carbocycles. The van der Waals surface area contributed by atoms with Crippen LogP contribution in [0.3, 0.4) is 0 Å². The minimum absolute atomic E-state index is 0.0409. The number of nitrogens with zero attached hydrogens (tertiary/aromatic N) is 1. The molecule has 1 atom stereocenters. The zero-order chi connectivity index (χ0) is 21.2. The predicted molar refractivity (Wildman–Crippen MR) is 104 cm³/mol. The van der Waals surface area contributed by atoms with Crippen molar-refractivity contribution in [3.05, 3.63) is 39.9 Å². The normalized spacial score (nSPS) is 13.1. The molecule has 0 aliphatic heterocycles. The number of hydrogen-bond donors (Lipinski definition) is 3. The molecule has 0 aliphatic rings. The molecule has 28 heavy (non-hydrogen) atoms. The van der Waals surface area contributed by atoms with Crippen LogP contribution in [0.4, 0.5) is 0 Å². The van der Waals surface area contributed by atoms with Gasteiger partial charge in [-0.15, -0.1) is 10.1 Å². The van der Waals surface area contributed by atoms with Gasteiger partial charge in [0, 0.05) is 18.6 Å². The van der Waals surface area contributed by atoms with Gasteiger partial charge in [0.15, 0.2) is 0 Å². The maximum atomic E-state index is 12.1. The third-order valence-corrected chi connectivity index (χ3v) is 5.38. The van der Waals surface area contributed by atoms with Gasteiger partial charge in [0.05, 0.1) is 12.4 Å². The molecule has 1 aromatic rings. The Bertz CT molecular complexity index is 725. The van der Waals surface area contributed by atoms with Crippen molar-refractivity contribution in [2.24, 2.45) is 0 Å². The second-order valence-electron chi connectivity index (χ2n) is 7.11. The highest BCUT2D eigenvalue weighted by Crippen LogP contribution is 2.12. The Kier molecular flexibility index (Phi) is 9.59. The zero-order valence-electron chi connectivity index (χ0n) is 16.4. The van der Waals surface area contributed by atoms with Crippen LogP contribution in [0, 0.1) is 17.0 Å². The third kappa shape index (κ3) is 11.0. The first-order valence-electron chi connectivity index (χ1n) is 8.86. The molecule has 1 unspecified atom stereocenters. The number of hydrogen-bond acceptors (Lipinski definition) is 8. The number of β-amino-alcohol motifs (C(OH)–C–C–N with tert-alkyl or cyclic N) is 1. The van der Waals surface area contributed by atoms with E-state index in [1.54, 1.807) is 19.9 Å². The van der Waals surface area contributed by atoms with E-state index in [2.05, 4.69) is 14.9 Å². The molecule has 0 aliphatic carbocycles. The van der Waals surface area contributed by atoms with Crippen LogP contribution in [-0.4, -0.2) is 62.3 Å². The molecular formula is C17H29N3O7S. The Balaban J connectivity index is 2.33. The van der Waals surface area contributed by atoms with Crippen molar-refractivity contribution in [3.63, 3.8) is 0 Å². The van der Waals surface area contributed by atoms with Gasteiger partial charge in [-0.3, -0.25) is 0 Å². The first-order chi connectivity index (χ1) is 13.0. The highest BCUT2D eigenvalue weighted by atomic mass is 32.2. The molecule has 0 fully saturated rings. The Labute approximate surface area is 165 Å². The topological polar surface area (TPSA) is 140 Å². The van der Waals surface area contributed by atoms with Crippen LogP contribution in [0.15, 0.2) is 24.3 Å². The summed E-state index contributed by atoms with van der Waals surface area (Å²) in [6.45, 7) is 5.45. The summed E-state index contributed by atoms with van der Waals surface area (Å²) >= 11 is 0. The molecule has 1 rings (SSSR count). The van der Waals surface area contributed by atoms with E-state index in [9.17, 15) is 23.6 Å². The molecule has 160 valence electrons. The summed E-state index contributed by atoms with van der Waals surface area (Å²) in [5.74, 6) is 0.438. The molecule has 0 spiro atoms. The summed E-state index contributed by atoms with van der Waals surface area (Å²) in [5.41, 5.74) is 0.252. The summed E-state index contributed by atoms with van der Waals surface area (Å²) in [7, 11) is -3.60. The van der Waals surface area contributed by atoms with Crippen LogP contribution in [0.5, 0.6) is 5.75 Å². The fourth-order valence-corrected chi connectivity index (χ4v) is 3.98. The third-order valence-electron chi connectivity index (χ3n) is 3.64. The molecule has 0 saturated heterocycles. The lowest BCUT2D eigenvalue weighted by molar-refractivity contribution is -0.757. The van der Waals surface area contributed by atoms with Crippen LogP contribution in [0.2, 0.25) is 0 Å². The lowest BCUT2D eigenvalue weighted by atomic mass is 10.1. The molecule has 0 heterocycles. The van der Waals surface area contributed by atoms with Crippen LogP contribution < -0.4 is 14.8 Å². The summed E-state index contributed by atoms with van der Waals surface area (Å²) in [4.78, 5) is 14.1. The van der Waals surface area contributed by atoms with Crippen molar-refractivity contribution in [1.29, 1.82) is 0 Å². The van der Waals surface area contributed by atoms with Crippen molar-refractivity contribution in [3.8, 4) is 5.75 Å². The quantitative estimate of drug-likeness (QED) is 0.226. The molecular weight excluding hydrogens is 390 g/mol. The zero-order valence-corrected chi connectivity index (χ0v) is 17.2. The summed E-state index contributed by atoms with van der Waals surface area (Å²) < 4.78 is 32.1.